The second kappa shape index (κ2) is 12.6. The molecule has 2 aromatic rings. The van der Waals surface area contributed by atoms with Crippen LogP contribution in [-0.4, -0.2) is 13.3 Å². The SMILES string of the molecule is CCOc1ccc(OCc2ccc(C3CCC(C4CCC(C=CCF)CC4)CC3)cc2F)c(F)c1F. The highest BCUT2D eigenvalue weighted by Crippen LogP contribution is 2.44. The molecule has 6 heteroatoms. The molecule has 0 unspecified atom stereocenters. The number of alkyl halides is 1. The van der Waals surface area contributed by atoms with E-state index in [1.54, 1.807) is 25.1 Å². The molecule has 2 aliphatic rings. The van der Waals surface area contributed by atoms with E-state index >= 15 is 0 Å². The minimum atomic E-state index is -1.14. The topological polar surface area (TPSA) is 18.5 Å². The molecule has 0 N–H and O–H groups in total. The molecule has 2 aliphatic carbocycles. The molecule has 36 heavy (non-hydrogen) atoms. The molecule has 4 rings (SSSR count). The van der Waals surface area contributed by atoms with E-state index in [9.17, 15) is 17.6 Å². The fourth-order valence-electron chi connectivity index (χ4n) is 5.96. The first kappa shape index (κ1) is 26.6. The van der Waals surface area contributed by atoms with Crippen LogP contribution in [0.3, 0.4) is 0 Å². The molecule has 0 amide bonds. The molecule has 196 valence electrons. The van der Waals surface area contributed by atoms with Crippen molar-refractivity contribution in [2.24, 2.45) is 17.8 Å². The van der Waals surface area contributed by atoms with E-state index in [-0.39, 0.29) is 37.2 Å². The van der Waals surface area contributed by atoms with Gasteiger partial charge in [-0.05, 0) is 106 Å². The molecule has 2 fully saturated rings. The van der Waals surface area contributed by atoms with Crippen LogP contribution in [0.15, 0.2) is 42.5 Å². The summed E-state index contributed by atoms with van der Waals surface area (Å²) in [7, 11) is 0. The molecule has 2 nitrogen and oxygen atoms in total. The van der Waals surface area contributed by atoms with Crippen LogP contribution < -0.4 is 9.47 Å². The van der Waals surface area contributed by atoms with E-state index in [2.05, 4.69) is 0 Å². The number of rotatable bonds is 9. The Kier molecular flexibility index (Phi) is 9.33. The van der Waals surface area contributed by atoms with E-state index in [4.69, 9.17) is 9.47 Å². The van der Waals surface area contributed by atoms with Gasteiger partial charge in [0.15, 0.2) is 11.5 Å². The molecule has 0 aliphatic heterocycles. The van der Waals surface area contributed by atoms with E-state index < -0.39 is 11.6 Å². The van der Waals surface area contributed by atoms with Crippen molar-refractivity contribution in [3.05, 3.63) is 71.1 Å². The maximum atomic E-state index is 14.8. The smallest absolute Gasteiger partial charge is 0.204 e. The van der Waals surface area contributed by atoms with Gasteiger partial charge in [-0.25, -0.2) is 8.78 Å². The van der Waals surface area contributed by atoms with Gasteiger partial charge in [0.05, 0.1) is 6.61 Å². The van der Waals surface area contributed by atoms with E-state index in [1.807, 2.05) is 12.1 Å². The van der Waals surface area contributed by atoms with Gasteiger partial charge < -0.3 is 9.47 Å². The third kappa shape index (κ3) is 6.43. The quantitative estimate of drug-likeness (QED) is 0.251. The average Bonchev–Trinajstić information content (AvgIpc) is 2.91. The summed E-state index contributed by atoms with van der Waals surface area (Å²) in [5.41, 5.74) is 1.30. The summed E-state index contributed by atoms with van der Waals surface area (Å²) in [6.07, 6.45) is 12.9. The number of ether oxygens (including phenoxy) is 2. The molecule has 0 heterocycles. The number of benzene rings is 2. The molecule has 0 saturated heterocycles. The number of hydrogen-bond donors (Lipinski definition) is 0. The zero-order chi connectivity index (χ0) is 25.5. The zero-order valence-corrected chi connectivity index (χ0v) is 21.0. The normalized spacial score (nSPS) is 24.7. The average molecular weight is 505 g/mol. The summed E-state index contributed by atoms with van der Waals surface area (Å²) in [6.45, 7) is 1.34. The fourth-order valence-corrected chi connectivity index (χ4v) is 5.96. The monoisotopic (exact) mass is 504 g/mol. The maximum absolute atomic E-state index is 14.8. The lowest BCUT2D eigenvalue weighted by atomic mass is 9.68. The Morgan fingerprint density at radius 1 is 0.806 bits per heavy atom. The molecule has 0 radical (unpaired) electrons. The molecule has 0 atom stereocenters. The summed E-state index contributed by atoms with van der Waals surface area (Å²) >= 11 is 0. The van der Waals surface area contributed by atoms with Gasteiger partial charge in [-0.1, -0.05) is 24.3 Å². The Labute approximate surface area is 211 Å². The Bertz CT molecular complexity index is 1020. The van der Waals surface area contributed by atoms with E-state index in [0.29, 0.717) is 17.4 Å². The lowest BCUT2D eigenvalue weighted by molar-refractivity contribution is 0.171. The Morgan fingerprint density at radius 3 is 2.00 bits per heavy atom. The molecular formula is C30H36F4O2. The largest absolute Gasteiger partial charge is 0.491 e. The summed E-state index contributed by atoms with van der Waals surface area (Å²) < 4.78 is 65.9. The second-order valence-corrected chi connectivity index (χ2v) is 10.1. The predicted octanol–water partition coefficient (Wildman–Crippen LogP) is 8.69. The molecule has 0 aromatic heterocycles. The van der Waals surface area contributed by atoms with Crippen molar-refractivity contribution < 1.29 is 27.0 Å². The Morgan fingerprint density at radius 2 is 1.42 bits per heavy atom. The van der Waals surface area contributed by atoms with Crippen LogP contribution in [0.25, 0.3) is 0 Å². The minimum absolute atomic E-state index is 0.175. The van der Waals surface area contributed by atoms with Gasteiger partial charge in [-0.15, -0.1) is 0 Å². The first-order chi connectivity index (χ1) is 17.5. The highest BCUT2D eigenvalue weighted by atomic mass is 19.2. The molecule has 0 spiro atoms. The van der Waals surface area contributed by atoms with Gasteiger partial charge in [-0.3, -0.25) is 0 Å². The van der Waals surface area contributed by atoms with Crippen LogP contribution in [0.4, 0.5) is 17.6 Å². The summed E-state index contributed by atoms with van der Waals surface area (Å²) in [4.78, 5) is 0. The zero-order valence-electron chi connectivity index (χ0n) is 21.0. The van der Waals surface area contributed by atoms with Gasteiger partial charge in [-0.2, -0.15) is 8.78 Å². The van der Waals surface area contributed by atoms with Crippen molar-refractivity contribution in [3.8, 4) is 11.5 Å². The minimum Gasteiger partial charge on any atom is -0.491 e. The van der Waals surface area contributed by atoms with Gasteiger partial charge >= 0.3 is 0 Å². The van der Waals surface area contributed by atoms with Crippen molar-refractivity contribution in [2.75, 3.05) is 13.3 Å². The lowest BCUT2D eigenvalue weighted by Crippen LogP contribution is -2.25. The van der Waals surface area contributed by atoms with Crippen molar-refractivity contribution in [3.63, 3.8) is 0 Å². The summed E-state index contributed by atoms with van der Waals surface area (Å²) in [6, 6.07) is 7.79. The summed E-state index contributed by atoms with van der Waals surface area (Å²) in [5, 5.41) is 0. The molecule has 2 aromatic carbocycles. The number of hydrogen-bond acceptors (Lipinski definition) is 2. The highest BCUT2D eigenvalue weighted by molar-refractivity contribution is 5.35. The van der Waals surface area contributed by atoms with Crippen molar-refractivity contribution >= 4 is 0 Å². The highest BCUT2D eigenvalue weighted by Gasteiger charge is 2.31. The standard InChI is InChI=1S/C30H36F4O2/c1-2-35-27-15-16-28(30(34)29(27)33)36-19-25-14-13-24(18-26(25)32)23-11-9-22(10-12-23)21-7-5-20(6-8-21)4-3-17-31/h3-4,13-16,18,20-23H,2,5-12,17,19H2,1H3. The van der Waals surface area contributed by atoms with Crippen LogP contribution >= 0.6 is 0 Å². The van der Waals surface area contributed by atoms with Crippen LogP contribution in [0, 0.1) is 35.2 Å². The first-order valence-electron chi connectivity index (χ1n) is 13.2. The maximum Gasteiger partial charge on any atom is 0.204 e. The van der Waals surface area contributed by atoms with Gasteiger partial charge in [0.25, 0.3) is 0 Å². The third-order valence-electron chi connectivity index (χ3n) is 8.00. The van der Waals surface area contributed by atoms with Crippen molar-refractivity contribution in [2.45, 2.75) is 70.8 Å². The number of halogens is 4. The Balaban J connectivity index is 1.28. The molecule has 2 saturated carbocycles. The van der Waals surface area contributed by atoms with Gasteiger partial charge in [0, 0.05) is 5.56 Å². The lowest BCUT2D eigenvalue weighted by Gasteiger charge is -2.37. The van der Waals surface area contributed by atoms with Crippen LogP contribution in [0.5, 0.6) is 11.5 Å². The van der Waals surface area contributed by atoms with Gasteiger partial charge in [0.1, 0.15) is 19.1 Å². The van der Waals surface area contributed by atoms with Crippen LogP contribution in [-0.2, 0) is 6.61 Å². The fraction of sp³-hybridized carbons (Fsp3) is 0.533. The van der Waals surface area contributed by atoms with Crippen LogP contribution in [0.2, 0.25) is 0 Å². The van der Waals surface area contributed by atoms with E-state index in [1.165, 1.54) is 25.0 Å². The second-order valence-electron chi connectivity index (χ2n) is 10.1. The van der Waals surface area contributed by atoms with Gasteiger partial charge in [0.2, 0.25) is 11.6 Å². The van der Waals surface area contributed by atoms with E-state index in [0.717, 1.165) is 55.9 Å². The predicted molar refractivity (Wildman–Crippen MR) is 134 cm³/mol. The van der Waals surface area contributed by atoms with Crippen LogP contribution in [0.1, 0.15) is 75.3 Å². The van der Waals surface area contributed by atoms with Crippen molar-refractivity contribution in [1.82, 2.24) is 0 Å². The molecule has 0 bridgehead atoms. The first-order valence-corrected chi connectivity index (χ1v) is 13.2. The Hall–Kier alpha value is -2.50. The number of allylic oxidation sites excluding steroid dienone is 2. The molecular weight excluding hydrogens is 468 g/mol. The van der Waals surface area contributed by atoms with Crippen molar-refractivity contribution in [1.29, 1.82) is 0 Å². The third-order valence-corrected chi connectivity index (χ3v) is 8.00. The summed E-state index contributed by atoms with van der Waals surface area (Å²) in [5.74, 6) is -0.727.